The van der Waals surface area contributed by atoms with Crippen molar-refractivity contribution < 1.29 is 0 Å². The van der Waals surface area contributed by atoms with E-state index in [0.717, 1.165) is 31.2 Å². The van der Waals surface area contributed by atoms with Crippen LogP contribution in [0.3, 0.4) is 0 Å². The van der Waals surface area contributed by atoms with E-state index < -0.39 is 0 Å². The monoisotopic (exact) mass is 422 g/mol. The molecule has 2 rings (SSSR count). The summed E-state index contributed by atoms with van der Waals surface area (Å²) in [6.45, 7) is 3.69. The molecular formula is C13H19IN4S2. The second kappa shape index (κ2) is 9.30. The maximum Gasteiger partial charge on any atom is 0.191 e. The van der Waals surface area contributed by atoms with Crippen LogP contribution in [0.2, 0.25) is 0 Å². The number of aliphatic imine (C=N–C) groups is 1. The first-order chi connectivity index (χ1) is 9.29. The zero-order chi connectivity index (χ0) is 13.5. The molecule has 0 spiro atoms. The highest BCUT2D eigenvalue weighted by molar-refractivity contribution is 14.0. The van der Waals surface area contributed by atoms with E-state index in [2.05, 4.69) is 38.1 Å². The molecule has 4 nitrogen and oxygen atoms in total. The maximum absolute atomic E-state index is 4.24. The van der Waals surface area contributed by atoms with Crippen LogP contribution in [0.5, 0.6) is 0 Å². The van der Waals surface area contributed by atoms with E-state index in [-0.39, 0.29) is 24.0 Å². The molecular weight excluding hydrogens is 403 g/mol. The zero-order valence-electron chi connectivity index (χ0n) is 11.5. The van der Waals surface area contributed by atoms with Gasteiger partial charge in [-0.15, -0.1) is 46.7 Å². The smallest absolute Gasteiger partial charge is 0.191 e. The lowest BCUT2D eigenvalue weighted by Gasteiger charge is -2.10. The van der Waals surface area contributed by atoms with Crippen molar-refractivity contribution in [3.8, 4) is 0 Å². The highest BCUT2D eigenvalue weighted by Crippen LogP contribution is 2.11. The van der Waals surface area contributed by atoms with Crippen molar-refractivity contribution >= 4 is 52.6 Å². The molecule has 0 amide bonds. The van der Waals surface area contributed by atoms with Crippen molar-refractivity contribution in [2.75, 3.05) is 13.6 Å². The van der Waals surface area contributed by atoms with Crippen LogP contribution in [0.25, 0.3) is 0 Å². The number of aromatic nitrogens is 1. The van der Waals surface area contributed by atoms with Gasteiger partial charge in [0.05, 0.1) is 17.7 Å². The lowest BCUT2D eigenvalue weighted by Crippen LogP contribution is -2.37. The third kappa shape index (κ3) is 5.37. The first kappa shape index (κ1) is 17.4. The van der Waals surface area contributed by atoms with Crippen molar-refractivity contribution in [1.82, 2.24) is 15.6 Å². The third-order valence-corrected chi connectivity index (χ3v) is 4.60. The molecule has 7 heteroatoms. The van der Waals surface area contributed by atoms with Gasteiger partial charge in [0.1, 0.15) is 0 Å². The normalized spacial score (nSPS) is 11.0. The molecule has 0 aromatic carbocycles. The Morgan fingerprint density at radius 3 is 2.80 bits per heavy atom. The van der Waals surface area contributed by atoms with Crippen molar-refractivity contribution in [3.63, 3.8) is 0 Å². The topological polar surface area (TPSA) is 49.3 Å². The Kier molecular flexibility index (Phi) is 8.08. The minimum atomic E-state index is 0. The van der Waals surface area contributed by atoms with Crippen molar-refractivity contribution in [2.45, 2.75) is 19.9 Å². The molecule has 110 valence electrons. The number of thiazole rings is 1. The van der Waals surface area contributed by atoms with E-state index in [9.17, 15) is 0 Å². The molecule has 0 aliphatic heterocycles. The van der Waals surface area contributed by atoms with E-state index in [0.29, 0.717) is 0 Å². The van der Waals surface area contributed by atoms with Crippen LogP contribution in [0.15, 0.2) is 28.0 Å². The molecule has 2 heterocycles. The van der Waals surface area contributed by atoms with Crippen LogP contribution < -0.4 is 10.6 Å². The van der Waals surface area contributed by atoms with Gasteiger partial charge in [0.25, 0.3) is 0 Å². The van der Waals surface area contributed by atoms with E-state index >= 15 is 0 Å². The van der Waals surface area contributed by atoms with Crippen LogP contribution in [0.1, 0.15) is 15.4 Å². The molecule has 0 radical (unpaired) electrons. The largest absolute Gasteiger partial charge is 0.356 e. The summed E-state index contributed by atoms with van der Waals surface area (Å²) in [5.41, 5.74) is 2.96. The molecule has 20 heavy (non-hydrogen) atoms. The molecule has 2 N–H and O–H groups in total. The predicted molar refractivity (Wildman–Crippen MR) is 98.5 cm³/mol. The van der Waals surface area contributed by atoms with E-state index in [4.69, 9.17) is 0 Å². The van der Waals surface area contributed by atoms with Gasteiger partial charge >= 0.3 is 0 Å². The van der Waals surface area contributed by atoms with Crippen LogP contribution >= 0.6 is 46.7 Å². The number of halogens is 1. The van der Waals surface area contributed by atoms with E-state index in [1.54, 1.807) is 29.7 Å². The summed E-state index contributed by atoms with van der Waals surface area (Å²) in [5, 5.41) is 8.73. The standard InChI is InChI=1S/C13H18N4S2.HI/c1-10-12(19-9-17-10)8-16-13(14-2)15-6-5-11-4-3-7-18-11;/h3-4,7,9H,5-6,8H2,1-2H3,(H2,14,15,16);1H. The number of hydrogen-bond acceptors (Lipinski definition) is 4. The SMILES string of the molecule is CN=C(NCCc1cccs1)NCc1scnc1C.I. The van der Waals surface area contributed by atoms with Gasteiger partial charge in [-0.05, 0) is 24.8 Å². The van der Waals surface area contributed by atoms with E-state index in [1.165, 1.54) is 9.75 Å². The zero-order valence-corrected chi connectivity index (χ0v) is 15.5. The van der Waals surface area contributed by atoms with Crippen molar-refractivity contribution in [3.05, 3.63) is 38.5 Å². The first-order valence-electron chi connectivity index (χ1n) is 6.15. The van der Waals surface area contributed by atoms with Crippen LogP contribution in [0.4, 0.5) is 0 Å². The summed E-state index contributed by atoms with van der Waals surface area (Å²) in [5.74, 6) is 0.837. The van der Waals surface area contributed by atoms with Gasteiger partial charge in [0, 0.05) is 23.3 Å². The van der Waals surface area contributed by atoms with Crippen LogP contribution in [-0.2, 0) is 13.0 Å². The highest BCUT2D eigenvalue weighted by Gasteiger charge is 2.03. The summed E-state index contributed by atoms with van der Waals surface area (Å²) in [4.78, 5) is 11.1. The summed E-state index contributed by atoms with van der Waals surface area (Å²) >= 11 is 3.46. The summed E-state index contributed by atoms with van der Waals surface area (Å²) in [6, 6.07) is 4.24. The third-order valence-electron chi connectivity index (χ3n) is 2.73. The average Bonchev–Trinajstić information content (AvgIpc) is 3.05. The number of nitrogens with one attached hydrogen (secondary N) is 2. The Hall–Kier alpha value is -0.670. The summed E-state index contributed by atoms with van der Waals surface area (Å²) in [7, 11) is 1.79. The Labute approximate surface area is 144 Å². The lowest BCUT2D eigenvalue weighted by molar-refractivity contribution is 0.801. The predicted octanol–water partition coefficient (Wildman–Crippen LogP) is 3.04. The fourth-order valence-corrected chi connectivity index (χ4v) is 3.07. The minimum Gasteiger partial charge on any atom is -0.356 e. The average molecular weight is 422 g/mol. The number of aryl methyl sites for hydroxylation is 1. The Morgan fingerprint density at radius 2 is 2.20 bits per heavy atom. The fourth-order valence-electron chi connectivity index (χ4n) is 1.64. The second-order valence-corrected chi connectivity index (χ2v) is 6.01. The second-order valence-electron chi connectivity index (χ2n) is 4.04. The van der Waals surface area contributed by atoms with Crippen molar-refractivity contribution in [2.24, 2.45) is 4.99 Å². The Morgan fingerprint density at radius 1 is 1.35 bits per heavy atom. The molecule has 0 aliphatic carbocycles. The molecule has 2 aromatic heterocycles. The molecule has 0 fully saturated rings. The Balaban J connectivity index is 0.00000200. The lowest BCUT2D eigenvalue weighted by atomic mass is 10.3. The quantitative estimate of drug-likeness (QED) is 0.443. The number of hydrogen-bond donors (Lipinski definition) is 2. The van der Waals surface area contributed by atoms with E-state index in [1.807, 2.05) is 12.4 Å². The number of nitrogens with zero attached hydrogens (tertiary/aromatic N) is 2. The van der Waals surface area contributed by atoms with Crippen molar-refractivity contribution in [1.29, 1.82) is 0 Å². The molecule has 0 saturated heterocycles. The number of thiophene rings is 1. The first-order valence-corrected chi connectivity index (χ1v) is 7.91. The summed E-state index contributed by atoms with van der Waals surface area (Å²) in [6.07, 6.45) is 1.03. The van der Waals surface area contributed by atoms with Gasteiger partial charge in [-0.2, -0.15) is 0 Å². The molecule has 0 bridgehead atoms. The van der Waals surface area contributed by atoms with Gasteiger partial charge in [0.15, 0.2) is 5.96 Å². The number of guanidine groups is 1. The minimum absolute atomic E-state index is 0. The van der Waals surface area contributed by atoms with Gasteiger partial charge < -0.3 is 10.6 Å². The van der Waals surface area contributed by atoms with Gasteiger partial charge in [0.2, 0.25) is 0 Å². The highest BCUT2D eigenvalue weighted by atomic mass is 127. The van der Waals surface area contributed by atoms with Gasteiger partial charge in [-0.3, -0.25) is 4.99 Å². The fraction of sp³-hybridized carbons (Fsp3) is 0.385. The number of rotatable bonds is 5. The molecule has 2 aromatic rings. The molecule has 0 atom stereocenters. The summed E-state index contributed by atoms with van der Waals surface area (Å²) < 4.78 is 0. The molecule has 0 saturated carbocycles. The van der Waals surface area contributed by atoms with Crippen LogP contribution in [0, 0.1) is 6.92 Å². The molecule has 0 unspecified atom stereocenters. The van der Waals surface area contributed by atoms with Gasteiger partial charge in [-0.25, -0.2) is 4.98 Å². The Bertz CT molecular complexity index is 522. The van der Waals surface area contributed by atoms with Gasteiger partial charge in [-0.1, -0.05) is 6.07 Å². The maximum atomic E-state index is 4.24. The van der Waals surface area contributed by atoms with Crippen LogP contribution in [-0.4, -0.2) is 24.5 Å². The molecule has 0 aliphatic rings.